The summed E-state index contributed by atoms with van der Waals surface area (Å²) in [6.45, 7) is 2.69. The topological polar surface area (TPSA) is 45.0 Å². The van der Waals surface area contributed by atoms with Gasteiger partial charge < -0.3 is 10.1 Å². The van der Waals surface area contributed by atoms with Crippen LogP contribution in [-0.2, 0) is 0 Å². The molecule has 1 N–H and O–H groups in total. The maximum atomic E-state index is 8.86. The Balaban J connectivity index is 1.85. The molecule has 1 saturated carbocycles. The standard InChI is InChI=1S/C15H20N2O/c1-2-18-15-9-7-14(8-10-15)17-13-5-3-12(11-16)4-6-13/h7-10,12-13,17H,2-6H2,1H3. The quantitative estimate of drug-likeness (QED) is 0.880. The van der Waals surface area contributed by atoms with Crippen LogP contribution in [0.15, 0.2) is 24.3 Å². The SMILES string of the molecule is CCOc1ccc(NC2CCC(C#N)CC2)cc1. The van der Waals surface area contributed by atoms with E-state index in [1.54, 1.807) is 0 Å². The van der Waals surface area contributed by atoms with Gasteiger partial charge in [-0.15, -0.1) is 0 Å². The van der Waals surface area contributed by atoms with Gasteiger partial charge in [0, 0.05) is 17.6 Å². The first-order chi connectivity index (χ1) is 8.81. The molecular formula is C15H20N2O. The largest absolute Gasteiger partial charge is 0.494 e. The molecule has 0 saturated heterocycles. The molecule has 1 fully saturated rings. The molecule has 0 aromatic heterocycles. The number of ether oxygens (including phenoxy) is 1. The highest BCUT2D eigenvalue weighted by Gasteiger charge is 2.20. The van der Waals surface area contributed by atoms with E-state index < -0.39 is 0 Å². The minimum Gasteiger partial charge on any atom is -0.494 e. The van der Waals surface area contributed by atoms with Crippen LogP contribution in [0.4, 0.5) is 5.69 Å². The Morgan fingerprint density at radius 3 is 2.44 bits per heavy atom. The number of hydrogen-bond acceptors (Lipinski definition) is 3. The highest BCUT2D eigenvalue weighted by Crippen LogP contribution is 2.26. The van der Waals surface area contributed by atoms with Crippen LogP contribution >= 0.6 is 0 Å². The van der Waals surface area contributed by atoms with E-state index in [-0.39, 0.29) is 5.92 Å². The smallest absolute Gasteiger partial charge is 0.119 e. The monoisotopic (exact) mass is 244 g/mol. The molecule has 0 atom stereocenters. The molecule has 1 aromatic rings. The van der Waals surface area contributed by atoms with Crippen molar-refractivity contribution >= 4 is 5.69 Å². The van der Waals surface area contributed by atoms with Crippen LogP contribution in [0.3, 0.4) is 0 Å². The van der Waals surface area contributed by atoms with Crippen molar-refractivity contribution in [2.75, 3.05) is 11.9 Å². The Bertz CT molecular complexity index is 399. The molecule has 96 valence electrons. The van der Waals surface area contributed by atoms with Gasteiger partial charge in [0.2, 0.25) is 0 Å². The van der Waals surface area contributed by atoms with Crippen LogP contribution in [0.1, 0.15) is 32.6 Å². The summed E-state index contributed by atoms with van der Waals surface area (Å²) in [5, 5.41) is 12.4. The van der Waals surface area contributed by atoms with Gasteiger partial charge in [0.05, 0.1) is 12.7 Å². The minimum atomic E-state index is 0.267. The number of hydrogen-bond donors (Lipinski definition) is 1. The maximum absolute atomic E-state index is 8.86. The maximum Gasteiger partial charge on any atom is 0.119 e. The first-order valence-electron chi connectivity index (χ1n) is 6.71. The summed E-state index contributed by atoms with van der Waals surface area (Å²) >= 11 is 0. The van der Waals surface area contributed by atoms with E-state index in [1.165, 1.54) is 0 Å². The number of nitrogens with zero attached hydrogens (tertiary/aromatic N) is 1. The second-order valence-corrected chi connectivity index (χ2v) is 4.78. The number of benzene rings is 1. The molecule has 3 nitrogen and oxygen atoms in total. The van der Waals surface area contributed by atoms with E-state index in [0.717, 1.165) is 37.1 Å². The minimum absolute atomic E-state index is 0.267. The van der Waals surface area contributed by atoms with Gasteiger partial charge in [-0.3, -0.25) is 0 Å². The van der Waals surface area contributed by atoms with E-state index in [4.69, 9.17) is 10.00 Å². The Hall–Kier alpha value is -1.69. The first-order valence-corrected chi connectivity index (χ1v) is 6.71. The number of nitriles is 1. The highest BCUT2D eigenvalue weighted by molar-refractivity contribution is 5.47. The Morgan fingerprint density at radius 1 is 1.22 bits per heavy atom. The van der Waals surface area contributed by atoms with E-state index >= 15 is 0 Å². The summed E-state index contributed by atoms with van der Waals surface area (Å²) in [6.07, 6.45) is 4.22. The third-order valence-corrected chi connectivity index (χ3v) is 3.45. The lowest BCUT2D eigenvalue weighted by atomic mass is 9.87. The fourth-order valence-corrected chi connectivity index (χ4v) is 2.42. The van der Waals surface area contributed by atoms with Gasteiger partial charge >= 0.3 is 0 Å². The van der Waals surface area contributed by atoms with Crippen LogP contribution in [0.5, 0.6) is 5.75 Å². The zero-order valence-electron chi connectivity index (χ0n) is 10.9. The number of anilines is 1. The molecule has 1 aromatic carbocycles. The summed E-state index contributed by atoms with van der Waals surface area (Å²) in [5.41, 5.74) is 1.14. The van der Waals surface area contributed by atoms with Crippen LogP contribution in [0.25, 0.3) is 0 Å². The van der Waals surface area contributed by atoms with Gasteiger partial charge in [0.1, 0.15) is 5.75 Å². The van der Waals surface area contributed by atoms with Crippen molar-refractivity contribution in [3.8, 4) is 11.8 Å². The lowest BCUT2D eigenvalue weighted by Crippen LogP contribution is -2.25. The zero-order valence-corrected chi connectivity index (χ0v) is 10.9. The predicted molar refractivity (Wildman–Crippen MR) is 72.6 cm³/mol. The van der Waals surface area contributed by atoms with E-state index in [0.29, 0.717) is 12.6 Å². The molecule has 1 aliphatic rings. The van der Waals surface area contributed by atoms with Gasteiger partial charge in [-0.25, -0.2) is 0 Å². The first kappa shape index (κ1) is 12.8. The van der Waals surface area contributed by atoms with Crippen molar-refractivity contribution in [2.24, 2.45) is 5.92 Å². The van der Waals surface area contributed by atoms with Gasteiger partial charge in [-0.1, -0.05) is 0 Å². The van der Waals surface area contributed by atoms with E-state index in [2.05, 4.69) is 23.5 Å². The van der Waals surface area contributed by atoms with Crippen molar-refractivity contribution in [1.29, 1.82) is 5.26 Å². The third-order valence-electron chi connectivity index (χ3n) is 3.45. The van der Waals surface area contributed by atoms with Crippen molar-refractivity contribution in [2.45, 2.75) is 38.6 Å². The number of nitrogens with one attached hydrogen (secondary N) is 1. The van der Waals surface area contributed by atoms with Gasteiger partial charge in [-0.05, 0) is 56.9 Å². The van der Waals surface area contributed by atoms with Gasteiger partial charge in [0.25, 0.3) is 0 Å². The van der Waals surface area contributed by atoms with Crippen molar-refractivity contribution in [1.82, 2.24) is 0 Å². The van der Waals surface area contributed by atoms with Crippen molar-refractivity contribution in [3.05, 3.63) is 24.3 Å². The Labute approximate surface area is 109 Å². The van der Waals surface area contributed by atoms with Gasteiger partial charge in [0.15, 0.2) is 0 Å². The fraction of sp³-hybridized carbons (Fsp3) is 0.533. The van der Waals surface area contributed by atoms with Crippen LogP contribution in [-0.4, -0.2) is 12.6 Å². The van der Waals surface area contributed by atoms with Crippen molar-refractivity contribution in [3.63, 3.8) is 0 Å². The lowest BCUT2D eigenvalue weighted by Gasteiger charge is -2.26. The summed E-state index contributed by atoms with van der Waals surface area (Å²) in [6, 6.07) is 11.0. The number of rotatable bonds is 4. The molecule has 18 heavy (non-hydrogen) atoms. The van der Waals surface area contributed by atoms with Gasteiger partial charge in [-0.2, -0.15) is 5.26 Å². The summed E-state index contributed by atoms with van der Waals surface area (Å²) in [7, 11) is 0. The third kappa shape index (κ3) is 3.40. The van der Waals surface area contributed by atoms with Crippen LogP contribution in [0, 0.1) is 17.2 Å². The molecule has 0 spiro atoms. The summed E-state index contributed by atoms with van der Waals surface area (Å²) in [4.78, 5) is 0. The van der Waals surface area contributed by atoms with Crippen LogP contribution in [0.2, 0.25) is 0 Å². The fourth-order valence-electron chi connectivity index (χ4n) is 2.42. The molecule has 0 unspecified atom stereocenters. The lowest BCUT2D eigenvalue weighted by molar-refractivity contribution is 0.340. The second kappa shape index (κ2) is 6.30. The molecule has 1 aliphatic carbocycles. The van der Waals surface area contributed by atoms with Crippen LogP contribution < -0.4 is 10.1 Å². The zero-order chi connectivity index (χ0) is 12.8. The molecular weight excluding hydrogens is 224 g/mol. The molecule has 2 rings (SSSR count). The normalized spacial score (nSPS) is 23.1. The average Bonchev–Trinajstić information content (AvgIpc) is 2.42. The summed E-state index contributed by atoms with van der Waals surface area (Å²) < 4.78 is 5.42. The molecule has 0 heterocycles. The predicted octanol–water partition coefficient (Wildman–Crippen LogP) is 3.58. The molecule has 0 bridgehead atoms. The molecule has 0 amide bonds. The second-order valence-electron chi connectivity index (χ2n) is 4.78. The molecule has 0 aliphatic heterocycles. The van der Waals surface area contributed by atoms with E-state index in [9.17, 15) is 0 Å². The molecule has 0 radical (unpaired) electrons. The summed E-state index contributed by atoms with van der Waals surface area (Å²) in [5.74, 6) is 1.18. The Kier molecular flexibility index (Phi) is 4.46. The molecule has 3 heteroatoms. The van der Waals surface area contributed by atoms with E-state index in [1.807, 2.05) is 19.1 Å². The highest BCUT2D eigenvalue weighted by atomic mass is 16.5. The van der Waals surface area contributed by atoms with Crippen molar-refractivity contribution < 1.29 is 4.74 Å². The average molecular weight is 244 g/mol. The Morgan fingerprint density at radius 2 is 1.89 bits per heavy atom.